The molecular formula is C21H19Cl2NO3. The van der Waals surface area contributed by atoms with E-state index in [1.54, 1.807) is 32.2 Å². The van der Waals surface area contributed by atoms with Crippen molar-refractivity contribution in [2.75, 3.05) is 13.7 Å². The van der Waals surface area contributed by atoms with E-state index in [2.05, 4.69) is 0 Å². The van der Waals surface area contributed by atoms with Gasteiger partial charge in [0, 0.05) is 22.0 Å². The second-order valence-electron chi connectivity index (χ2n) is 5.91. The lowest BCUT2D eigenvalue weighted by molar-refractivity contribution is 0.0525. The van der Waals surface area contributed by atoms with Gasteiger partial charge in [-0.15, -0.1) is 0 Å². The molecule has 140 valence electrons. The number of benzene rings is 2. The lowest BCUT2D eigenvalue weighted by Gasteiger charge is -2.14. The van der Waals surface area contributed by atoms with Gasteiger partial charge in [0.15, 0.2) is 0 Å². The molecule has 0 spiro atoms. The summed E-state index contributed by atoms with van der Waals surface area (Å²) in [5, 5.41) is 1.05. The molecule has 6 heteroatoms. The molecule has 27 heavy (non-hydrogen) atoms. The van der Waals surface area contributed by atoms with Crippen LogP contribution in [0.5, 0.6) is 5.75 Å². The van der Waals surface area contributed by atoms with Gasteiger partial charge < -0.3 is 14.0 Å². The SMILES string of the molecule is CCOC(=O)c1cc(-c2ccc(Cl)cc2Cl)n(-c2ccc(OC)cc2)c1C. The van der Waals surface area contributed by atoms with E-state index in [0.29, 0.717) is 22.2 Å². The Labute approximate surface area is 168 Å². The Morgan fingerprint density at radius 2 is 1.78 bits per heavy atom. The molecule has 0 atom stereocenters. The number of nitrogens with zero attached hydrogens (tertiary/aromatic N) is 1. The van der Waals surface area contributed by atoms with Crippen molar-refractivity contribution >= 4 is 29.2 Å². The van der Waals surface area contributed by atoms with Crippen LogP contribution in [0, 0.1) is 6.92 Å². The second-order valence-corrected chi connectivity index (χ2v) is 6.75. The predicted octanol–water partition coefficient (Wildman–Crippen LogP) is 5.94. The standard InChI is InChI=1S/C21H19Cl2NO3/c1-4-27-21(25)18-12-20(17-10-5-14(22)11-19(17)23)24(13(18)2)15-6-8-16(26-3)9-7-15/h5-12H,4H2,1-3H3. The summed E-state index contributed by atoms with van der Waals surface area (Å²) in [6.45, 7) is 3.97. The minimum Gasteiger partial charge on any atom is -0.497 e. The summed E-state index contributed by atoms with van der Waals surface area (Å²) >= 11 is 12.5. The van der Waals surface area contributed by atoms with Crippen molar-refractivity contribution in [2.24, 2.45) is 0 Å². The van der Waals surface area contributed by atoms with Crippen LogP contribution < -0.4 is 4.74 Å². The molecule has 0 aliphatic rings. The van der Waals surface area contributed by atoms with E-state index in [0.717, 1.165) is 28.4 Å². The molecular weight excluding hydrogens is 385 g/mol. The van der Waals surface area contributed by atoms with Crippen LogP contribution in [0.15, 0.2) is 48.5 Å². The number of rotatable bonds is 5. The fourth-order valence-corrected chi connectivity index (χ4v) is 3.49. The summed E-state index contributed by atoms with van der Waals surface area (Å²) in [5.41, 5.74) is 3.69. The van der Waals surface area contributed by atoms with Crippen LogP contribution >= 0.6 is 23.2 Å². The van der Waals surface area contributed by atoms with Crippen LogP contribution in [0.1, 0.15) is 23.0 Å². The molecule has 0 radical (unpaired) electrons. The Kier molecular flexibility index (Phi) is 5.78. The quantitative estimate of drug-likeness (QED) is 0.494. The van der Waals surface area contributed by atoms with Crippen LogP contribution in [0.3, 0.4) is 0 Å². The molecule has 0 saturated heterocycles. The zero-order chi connectivity index (χ0) is 19.6. The normalized spacial score (nSPS) is 10.7. The minimum atomic E-state index is -0.367. The molecule has 0 fully saturated rings. The lowest BCUT2D eigenvalue weighted by Crippen LogP contribution is -2.06. The summed E-state index contributed by atoms with van der Waals surface area (Å²) in [7, 11) is 1.62. The molecule has 0 N–H and O–H groups in total. The van der Waals surface area contributed by atoms with Crippen molar-refractivity contribution < 1.29 is 14.3 Å². The molecule has 0 aliphatic heterocycles. The fourth-order valence-electron chi connectivity index (χ4n) is 2.98. The Morgan fingerprint density at radius 3 is 2.37 bits per heavy atom. The molecule has 3 rings (SSSR count). The maximum atomic E-state index is 12.4. The second kappa shape index (κ2) is 8.07. The Balaban J connectivity index is 2.23. The number of ether oxygens (including phenoxy) is 2. The van der Waals surface area contributed by atoms with Crippen LogP contribution in [0.25, 0.3) is 16.9 Å². The molecule has 0 aliphatic carbocycles. The van der Waals surface area contributed by atoms with Gasteiger partial charge in [0.25, 0.3) is 0 Å². The number of carbonyl (C=O) groups is 1. The number of methoxy groups -OCH3 is 1. The molecule has 1 heterocycles. The third kappa shape index (κ3) is 3.82. The van der Waals surface area contributed by atoms with Crippen molar-refractivity contribution in [3.05, 3.63) is 69.8 Å². The Morgan fingerprint density at radius 1 is 1.07 bits per heavy atom. The first-order valence-electron chi connectivity index (χ1n) is 8.45. The summed E-state index contributed by atoms with van der Waals surface area (Å²) in [5.74, 6) is 0.383. The topological polar surface area (TPSA) is 40.5 Å². The molecule has 1 aromatic heterocycles. The van der Waals surface area contributed by atoms with E-state index in [1.807, 2.05) is 41.8 Å². The highest BCUT2D eigenvalue weighted by Gasteiger charge is 2.21. The molecule has 0 bridgehead atoms. The van der Waals surface area contributed by atoms with Crippen LogP contribution in [0.4, 0.5) is 0 Å². The van der Waals surface area contributed by atoms with Gasteiger partial charge in [0.05, 0.1) is 30.0 Å². The van der Waals surface area contributed by atoms with Gasteiger partial charge in [-0.05, 0) is 62.4 Å². The van der Waals surface area contributed by atoms with E-state index in [4.69, 9.17) is 32.7 Å². The highest BCUT2D eigenvalue weighted by Crippen LogP contribution is 2.35. The lowest BCUT2D eigenvalue weighted by atomic mass is 10.1. The molecule has 0 saturated carbocycles. The third-order valence-electron chi connectivity index (χ3n) is 4.28. The Hall–Kier alpha value is -2.43. The smallest absolute Gasteiger partial charge is 0.339 e. The van der Waals surface area contributed by atoms with Crippen molar-refractivity contribution in [3.63, 3.8) is 0 Å². The van der Waals surface area contributed by atoms with E-state index < -0.39 is 0 Å². The molecule has 3 aromatic rings. The number of hydrogen-bond acceptors (Lipinski definition) is 3. The number of halogens is 2. The number of aromatic nitrogens is 1. The highest BCUT2D eigenvalue weighted by atomic mass is 35.5. The van der Waals surface area contributed by atoms with Gasteiger partial charge in [0.2, 0.25) is 0 Å². The number of esters is 1. The van der Waals surface area contributed by atoms with Crippen LogP contribution in [-0.4, -0.2) is 24.3 Å². The van der Waals surface area contributed by atoms with Crippen molar-refractivity contribution in [2.45, 2.75) is 13.8 Å². The van der Waals surface area contributed by atoms with Crippen LogP contribution in [0.2, 0.25) is 10.0 Å². The zero-order valence-corrected chi connectivity index (χ0v) is 16.8. The van der Waals surface area contributed by atoms with Gasteiger partial charge in [0.1, 0.15) is 5.75 Å². The summed E-state index contributed by atoms with van der Waals surface area (Å²) in [6.07, 6.45) is 0. The van der Waals surface area contributed by atoms with E-state index in [1.165, 1.54) is 0 Å². The largest absolute Gasteiger partial charge is 0.497 e. The third-order valence-corrected chi connectivity index (χ3v) is 4.83. The molecule has 2 aromatic carbocycles. The number of hydrogen-bond donors (Lipinski definition) is 0. The maximum Gasteiger partial charge on any atom is 0.339 e. The van der Waals surface area contributed by atoms with Crippen molar-refractivity contribution in [1.29, 1.82) is 0 Å². The summed E-state index contributed by atoms with van der Waals surface area (Å²) < 4.78 is 12.4. The monoisotopic (exact) mass is 403 g/mol. The zero-order valence-electron chi connectivity index (χ0n) is 15.3. The van der Waals surface area contributed by atoms with Gasteiger partial charge in [-0.25, -0.2) is 4.79 Å². The van der Waals surface area contributed by atoms with Crippen LogP contribution in [-0.2, 0) is 4.74 Å². The van der Waals surface area contributed by atoms with Crippen molar-refractivity contribution in [1.82, 2.24) is 4.57 Å². The van der Waals surface area contributed by atoms with Crippen molar-refractivity contribution in [3.8, 4) is 22.7 Å². The maximum absolute atomic E-state index is 12.4. The first-order valence-corrected chi connectivity index (χ1v) is 9.21. The van der Waals surface area contributed by atoms with E-state index in [-0.39, 0.29) is 5.97 Å². The fraction of sp³-hybridized carbons (Fsp3) is 0.190. The van der Waals surface area contributed by atoms with Gasteiger partial charge in [-0.1, -0.05) is 23.2 Å². The average molecular weight is 404 g/mol. The molecule has 0 amide bonds. The molecule has 0 unspecified atom stereocenters. The Bertz CT molecular complexity index is 978. The summed E-state index contributed by atoms with van der Waals surface area (Å²) in [4.78, 5) is 12.4. The first kappa shape index (κ1) is 19.3. The number of carbonyl (C=O) groups excluding carboxylic acids is 1. The average Bonchev–Trinajstić information content (AvgIpc) is 2.99. The molecule has 4 nitrogen and oxygen atoms in total. The van der Waals surface area contributed by atoms with Gasteiger partial charge in [-0.2, -0.15) is 0 Å². The highest BCUT2D eigenvalue weighted by molar-refractivity contribution is 6.36. The predicted molar refractivity (Wildman–Crippen MR) is 108 cm³/mol. The van der Waals surface area contributed by atoms with Gasteiger partial charge >= 0.3 is 5.97 Å². The van der Waals surface area contributed by atoms with E-state index >= 15 is 0 Å². The first-order chi connectivity index (χ1) is 13.0. The van der Waals surface area contributed by atoms with E-state index in [9.17, 15) is 4.79 Å². The summed E-state index contributed by atoms with van der Waals surface area (Å²) in [6, 6.07) is 14.7. The minimum absolute atomic E-state index is 0.309. The van der Waals surface area contributed by atoms with Gasteiger partial charge in [-0.3, -0.25) is 0 Å².